The number of nitrogens with one attached hydrogen (secondary N) is 2. The standard InChI is InChI=1S/C34H42F3N5O5SSi/c1-10-38-31(46)41-27-14-20(29-40-25(18-48-29)34(35,36)37)22(15-39-27)19-11-12-24-21(13-19)28(43)23(30(44)45)16-42(24)26(32(2,3)4)17-47-49(8,9)33(5,6)7/h11-16,18,26H,10,17H2,1-9H3,(H,44,45)(H2,38,39,41,46)/t26-/m1/s1. The number of hydrogen-bond acceptors (Lipinski definition) is 7. The number of pyridine rings is 2. The fraction of sp³-hybridized carbons (Fsp3) is 0.441. The van der Waals surface area contributed by atoms with Gasteiger partial charge in [-0.1, -0.05) is 47.6 Å². The van der Waals surface area contributed by atoms with Gasteiger partial charge in [-0.25, -0.2) is 19.6 Å². The van der Waals surface area contributed by atoms with E-state index in [0.29, 0.717) is 23.2 Å². The molecule has 0 spiro atoms. The highest BCUT2D eigenvalue weighted by Gasteiger charge is 2.39. The summed E-state index contributed by atoms with van der Waals surface area (Å²) in [5.74, 6) is -1.32. The molecule has 0 unspecified atom stereocenters. The first kappa shape index (κ1) is 37.7. The van der Waals surface area contributed by atoms with Crippen molar-refractivity contribution in [1.29, 1.82) is 0 Å². The Hall–Kier alpha value is -4.08. The summed E-state index contributed by atoms with van der Waals surface area (Å²) < 4.78 is 49.0. The number of aromatic nitrogens is 3. The van der Waals surface area contributed by atoms with Crippen LogP contribution >= 0.6 is 11.3 Å². The average molecular weight is 718 g/mol. The van der Waals surface area contributed by atoms with Crippen LogP contribution < -0.4 is 16.1 Å². The number of rotatable bonds is 9. The molecule has 4 rings (SSSR count). The maximum absolute atomic E-state index is 13.7. The lowest BCUT2D eigenvalue weighted by atomic mass is 9.86. The third-order valence-corrected chi connectivity index (χ3v) is 14.2. The van der Waals surface area contributed by atoms with Gasteiger partial charge in [-0.3, -0.25) is 10.1 Å². The molecule has 0 aliphatic carbocycles. The molecule has 15 heteroatoms. The molecule has 0 saturated heterocycles. The summed E-state index contributed by atoms with van der Waals surface area (Å²) >= 11 is 0.766. The molecule has 0 aliphatic rings. The third kappa shape index (κ3) is 8.22. The van der Waals surface area contributed by atoms with Crippen molar-refractivity contribution in [2.45, 2.75) is 78.8 Å². The monoisotopic (exact) mass is 717 g/mol. The Labute approximate surface area is 287 Å². The van der Waals surface area contributed by atoms with E-state index in [1.54, 1.807) is 23.6 Å². The second-order valence-corrected chi connectivity index (χ2v) is 20.1. The van der Waals surface area contributed by atoms with Gasteiger partial charge in [0.15, 0.2) is 14.0 Å². The molecule has 3 N–H and O–H groups in total. The summed E-state index contributed by atoms with van der Waals surface area (Å²) in [5, 5.41) is 16.2. The second-order valence-electron chi connectivity index (χ2n) is 14.4. The predicted octanol–water partition coefficient (Wildman–Crippen LogP) is 8.65. The molecule has 0 radical (unpaired) electrons. The Morgan fingerprint density at radius 2 is 1.76 bits per heavy atom. The maximum Gasteiger partial charge on any atom is 0.434 e. The number of benzene rings is 1. The van der Waals surface area contributed by atoms with Gasteiger partial charge < -0.3 is 19.4 Å². The number of anilines is 1. The Balaban J connectivity index is 1.95. The van der Waals surface area contributed by atoms with Gasteiger partial charge >= 0.3 is 18.2 Å². The molecule has 1 aromatic carbocycles. The van der Waals surface area contributed by atoms with Gasteiger partial charge in [-0.2, -0.15) is 13.2 Å². The van der Waals surface area contributed by atoms with E-state index in [4.69, 9.17) is 4.43 Å². The molecule has 1 atom stereocenters. The van der Waals surface area contributed by atoms with Gasteiger partial charge in [0.25, 0.3) is 0 Å². The number of amides is 2. The first-order chi connectivity index (χ1) is 22.5. The number of carboxylic acids is 1. The molecule has 0 aliphatic heterocycles. The fourth-order valence-corrected chi connectivity index (χ4v) is 6.83. The smallest absolute Gasteiger partial charge is 0.434 e. The van der Waals surface area contributed by atoms with Crippen LogP contribution in [0.15, 0.2) is 46.8 Å². The van der Waals surface area contributed by atoms with Gasteiger partial charge in [-0.05, 0) is 54.2 Å². The van der Waals surface area contributed by atoms with Crippen LogP contribution in [-0.2, 0) is 10.6 Å². The number of thiazole rings is 1. The van der Waals surface area contributed by atoms with Crippen molar-refractivity contribution in [2.24, 2.45) is 5.41 Å². The van der Waals surface area contributed by atoms with E-state index in [1.807, 2.05) is 20.8 Å². The van der Waals surface area contributed by atoms with Crippen LogP contribution in [0.2, 0.25) is 18.1 Å². The molecule has 49 heavy (non-hydrogen) atoms. The first-order valence-corrected chi connectivity index (χ1v) is 19.5. The molecule has 3 heterocycles. The highest BCUT2D eigenvalue weighted by molar-refractivity contribution is 7.13. The minimum atomic E-state index is -4.68. The van der Waals surface area contributed by atoms with Crippen molar-refractivity contribution in [3.05, 3.63) is 63.5 Å². The highest BCUT2D eigenvalue weighted by Crippen LogP contribution is 2.41. The summed E-state index contributed by atoms with van der Waals surface area (Å²) in [5.41, 5.74) is -1.23. The Bertz CT molecular complexity index is 1940. The number of urea groups is 1. The van der Waals surface area contributed by atoms with Gasteiger partial charge in [0, 0.05) is 40.8 Å². The second kappa shape index (κ2) is 13.7. The minimum absolute atomic E-state index is 0.0102. The molecule has 4 aromatic rings. The van der Waals surface area contributed by atoms with Crippen molar-refractivity contribution in [1.82, 2.24) is 19.9 Å². The zero-order chi connectivity index (χ0) is 36.7. The van der Waals surface area contributed by atoms with Crippen molar-refractivity contribution in [2.75, 3.05) is 18.5 Å². The summed E-state index contributed by atoms with van der Waals surface area (Å²) in [7, 11) is -2.22. The van der Waals surface area contributed by atoms with E-state index in [9.17, 15) is 32.7 Å². The largest absolute Gasteiger partial charge is 0.477 e. The highest BCUT2D eigenvalue weighted by atomic mass is 32.1. The average Bonchev–Trinajstić information content (AvgIpc) is 3.48. The number of alkyl halides is 3. The van der Waals surface area contributed by atoms with E-state index in [0.717, 1.165) is 16.7 Å². The first-order valence-electron chi connectivity index (χ1n) is 15.7. The summed E-state index contributed by atoms with van der Waals surface area (Å²) in [6.07, 6.45) is -1.94. The zero-order valence-corrected chi connectivity index (χ0v) is 30.8. The van der Waals surface area contributed by atoms with Gasteiger partial charge in [0.2, 0.25) is 5.43 Å². The number of hydrogen-bond donors (Lipinski definition) is 3. The number of fused-ring (bicyclic) bond motifs is 1. The number of halogens is 3. The predicted molar refractivity (Wildman–Crippen MR) is 189 cm³/mol. The van der Waals surface area contributed by atoms with Crippen molar-refractivity contribution >= 4 is 48.4 Å². The number of carbonyl (C=O) groups excluding carboxylic acids is 1. The van der Waals surface area contributed by atoms with Crippen LogP contribution in [0.5, 0.6) is 0 Å². The van der Waals surface area contributed by atoms with Crippen LogP contribution in [0.4, 0.5) is 23.8 Å². The lowest BCUT2D eigenvalue weighted by molar-refractivity contribution is -0.140. The van der Waals surface area contributed by atoms with Gasteiger partial charge in [0.1, 0.15) is 16.4 Å². The van der Waals surface area contributed by atoms with Gasteiger partial charge in [-0.15, -0.1) is 11.3 Å². The van der Waals surface area contributed by atoms with Crippen LogP contribution in [-0.4, -0.2) is 53.1 Å². The van der Waals surface area contributed by atoms with Crippen molar-refractivity contribution < 1.29 is 32.3 Å². The number of aromatic carboxylic acids is 1. The molecular weight excluding hydrogens is 676 g/mol. The molecule has 0 saturated carbocycles. The number of carbonyl (C=O) groups is 2. The molecule has 2 amide bonds. The molecule has 3 aromatic heterocycles. The number of nitrogens with zero attached hydrogens (tertiary/aromatic N) is 3. The maximum atomic E-state index is 13.7. The molecular formula is C34H42F3N5O5SSi. The zero-order valence-electron chi connectivity index (χ0n) is 29.0. The Morgan fingerprint density at radius 1 is 1.08 bits per heavy atom. The lowest BCUT2D eigenvalue weighted by Gasteiger charge is -2.40. The van der Waals surface area contributed by atoms with Gasteiger partial charge in [0.05, 0.1) is 18.2 Å². The topological polar surface area (TPSA) is 135 Å². The Kier molecular flexibility index (Phi) is 10.5. The van der Waals surface area contributed by atoms with Crippen molar-refractivity contribution in [3.63, 3.8) is 0 Å². The van der Waals surface area contributed by atoms with E-state index in [2.05, 4.69) is 54.5 Å². The van der Waals surface area contributed by atoms with Crippen LogP contribution in [0.3, 0.4) is 0 Å². The molecule has 0 fully saturated rings. The molecule has 0 bridgehead atoms. The minimum Gasteiger partial charge on any atom is -0.477 e. The summed E-state index contributed by atoms with van der Waals surface area (Å²) in [6, 6.07) is 5.39. The van der Waals surface area contributed by atoms with Crippen LogP contribution in [0.25, 0.3) is 32.6 Å². The lowest BCUT2D eigenvalue weighted by Crippen LogP contribution is -2.43. The third-order valence-electron chi connectivity index (χ3n) is 8.83. The SMILES string of the molecule is CCNC(=O)Nc1cc(-c2nc(C(F)(F)F)cs2)c(-c2ccc3c(c2)c(=O)c(C(=O)O)cn3[C@H](CO[Si](C)(C)C(C)(C)C)C(C)(C)C)cn1. The van der Waals surface area contributed by atoms with Crippen LogP contribution in [0.1, 0.15) is 70.6 Å². The van der Waals surface area contributed by atoms with E-state index < -0.39 is 48.6 Å². The van der Waals surface area contributed by atoms with E-state index in [1.165, 1.54) is 24.5 Å². The van der Waals surface area contributed by atoms with E-state index >= 15 is 0 Å². The van der Waals surface area contributed by atoms with E-state index in [-0.39, 0.29) is 39.5 Å². The summed E-state index contributed by atoms with van der Waals surface area (Å²) in [4.78, 5) is 46.4. The molecule has 10 nitrogen and oxygen atoms in total. The van der Waals surface area contributed by atoms with Crippen molar-refractivity contribution in [3.8, 4) is 21.7 Å². The normalized spacial score (nSPS) is 13.4. The molecule has 264 valence electrons. The fourth-order valence-electron chi connectivity index (χ4n) is 4.96. The Morgan fingerprint density at radius 3 is 2.31 bits per heavy atom. The van der Waals surface area contributed by atoms with Crippen LogP contribution in [0, 0.1) is 5.41 Å². The quantitative estimate of drug-likeness (QED) is 0.148. The summed E-state index contributed by atoms with van der Waals surface area (Å²) in [6.45, 7) is 19.0. The number of carboxylic acid groups (broad SMARTS) is 1.